The zero-order valence-electron chi connectivity index (χ0n) is 11.8. The number of aromatic nitrogens is 5. The monoisotopic (exact) mass is 272 g/mol. The fourth-order valence-electron chi connectivity index (χ4n) is 3.52. The molecule has 0 saturated carbocycles. The zero-order chi connectivity index (χ0) is 13.4. The molecule has 0 unspecified atom stereocenters. The van der Waals surface area contributed by atoms with Crippen LogP contribution in [0.3, 0.4) is 0 Å². The molecule has 6 nitrogen and oxygen atoms in total. The van der Waals surface area contributed by atoms with Crippen LogP contribution in [0.1, 0.15) is 49.7 Å². The Morgan fingerprint density at radius 2 is 1.55 bits per heavy atom. The molecule has 1 aliphatic heterocycles. The van der Waals surface area contributed by atoms with Crippen molar-refractivity contribution in [3.05, 3.63) is 11.1 Å². The van der Waals surface area contributed by atoms with Crippen molar-refractivity contribution in [2.75, 3.05) is 18.0 Å². The van der Waals surface area contributed by atoms with E-state index in [1.807, 2.05) is 0 Å². The van der Waals surface area contributed by atoms with Gasteiger partial charge in [0.1, 0.15) is 0 Å². The third-order valence-corrected chi connectivity index (χ3v) is 4.56. The number of anilines is 1. The summed E-state index contributed by atoms with van der Waals surface area (Å²) in [6.45, 7) is 2.24. The summed E-state index contributed by atoms with van der Waals surface area (Å²) in [7, 11) is 0. The SMILES string of the molecule is C1CCCN(c2nn3nnnc3c3c2CCCC3)CC1. The first-order valence-corrected chi connectivity index (χ1v) is 7.78. The van der Waals surface area contributed by atoms with E-state index in [9.17, 15) is 0 Å². The summed E-state index contributed by atoms with van der Waals surface area (Å²) in [4.78, 5) is 2.46. The third kappa shape index (κ3) is 1.94. The van der Waals surface area contributed by atoms with E-state index in [2.05, 4.69) is 20.4 Å². The van der Waals surface area contributed by atoms with E-state index in [4.69, 9.17) is 5.10 Å². The van der Waals surface area contributed by atoms with Crippen molar-refractivity contribution in [3.8, 4) is 0 Å². The lowest BCUT2D eigenvalue weighted by Gasteiger charge is -2.27. The van der Waals surface area contributed by atoms with Gasteiger partial charge in [0.2, 0.25) is 5.65 Å². The molecule has 3 heterocycles. The predicted molar refractivity (Wildman–Crippen MR) is 75.9 cm³/mol. The molecule has 0 radical (unpaired) electrons. The third-order valence-electron chi connectivity index (χ3n) is 4.56. The highest BCUT2D eigenvalue weighted by Gasteiger charge is 2.24. The van der Waals surface area contributed by atoms with Gasteiger partial charge in [-0.3, -0.25) is 0 Å². The topological polar surface area (TPSA) is 59.2 Å². The lowest BCUT2D eigenvalue weighted by Crippen LogP contribution is -2.28. The molecule has 0 amide bonds. The van der Waals surface area contributed by atoms with E-state index in [1.54, 1.807) is 4.63 Å². The molecule has 0 spiro atoms. The molecule has 1 saturated heterocycles. The van der Waals surface area contributed by atoms with Crippen molar-refractivity contribution in [2.24, 2.45) is 0 Å². The van der Waals surface area contributed by atoms with Gasteiger partial charge in [0.05, 0.1) is 0 Å². The highest BCUT2D eigenvalue weighted by atomic mass is 15.6. The van der Waals surface area contributed by atoms with Crippen LogP contribution in [-0.4, -0.2) is 38.3 Å². The first-order valence-electron chi connectivity index (χ1n) is 7.78. The van der Waals surface area contributed by atoms with Crippen LogP contribution in [-0.2, 0) is 12.8 Å². The van der Waals surface area contributed by atoms with Crippen LogP contribution in [0.4, 0.5) is 5.82 Å². The van der Waals surface area contributed by atoms with E-state index in [0.717, 1.165) is 37.4 Å². The second-order valence-corrected chi connectivity index (χ2v) is 5.88. The minimum absolute atomic E-state index is 0.860. The Morgan fingerprint density at radius 3 is 2.35 bits per heavy atom. The molecule has 0 atom stereocenters. The summed E-state index contributed by atoms with van der Waals surface area (Å²) < 4.78 is 1.63. The van der Waals surface area contributed by atoms with Gasteiger partial charge in [-0.25, -0.2) is 0 Å². The van der Waals surface area contributed by atoms with Crippen LogP contribution in [0.2, 0.25) is 0 Å². The molecule has 1 fully saturated rings. The van der Waals surface area contributed by atoms with Gasteiger partial charge in [-0.05, 0) is 49.0 Å². The van der Waals surface area contributed by atoms with Crippen molar-refractivity contribution in [2.45, 2.75) is 51.4 Å². The molecule has 0 aromatic carbocycles. The molecule has 20 heavy (non-hydrogen) atoms. The minimum Gasteiger partial charge on any atom is -0.355 e. The molecule has 1 aliphatic carbocycles. The van der Waals surface area contributed by atoms with Gasteiger partial charge in [-0.2, -0.15) is 0 Å². The highest BCUT2D eigenvalue weighted by molar-refractivity contribution is 5.60. The van der Waals surface area contributed by atoms with E-state index >= 15 is 0 Å². The Hall–Kier alpha value is -1.72. The summed E-state index contributed by atoms with van der Waals surface area (Å²) in [5, 5.41) is 16.7. The summed E-state index contributed by atoms with van der Waals surface area (Å²) >= 11 is 0. The van der Waals surface area contributed by atoms with E-state index in [1.165, 1.54) is 49.7 Å². The Morgan fingerprint density at radius 1 is 0.800 bits per heavy atom. The molecule has 0 bridgehead atoms. The lowest BCUT2D eigenvalue weighted by molar-refractivity contribution is 0.645. The van der Waals surface area contributed by atoms with Crippen molar-refractivity contribution in [1.82, 2.24) is 25.3 Å². The Labute approximate surface area is 118 Å². The van der Waals surface area contributed by atoms with Crippen LogP contribution in [0.25, 0.3) is 5.65 Å². The van der Waals surface area contributed by atoms with Gasteiger partial charge in [0.15, 0.2) is 5.82 Å². The summed E-state index contributed by atoms with van der Waals surface area (Å²) in [6, 6.07) is 0. The molecule has 2 aromatic heterocycles. The largest absolute Gasteiger partial charge is 0.355 e. The standard InChI is InChI=1S/C14H20N6/c1-2-6-10-19(9-5-1)14-12-8-4-3-7-11(12)13-15-17-18-20(13)16-14/h1-10H2. The van der Waals surface area contributed by atoms with E-state index in [0.29, 0.717) is 0 Å². The van der Waals surface area contributed by atoms with Gasteiger partial charge in [0.25, 0.3) is 0 Å². The number of aryl methyl sites for hydroxylation is 1. The van der Waals surface area contributed by atoms with Crippen molar-refractivity contribution in [3.63, 3.8) is 0 Å². The fourth-order valence-corrected chi connectivity index (χ4v) is 3.52. The number of nitrogens with zero attached hydrogens (tertiary/aromatic N) is 6. The number of rotatable bonds is 1. The summed E-state index contributed by atoms with van der Waals surface area (Å²) in [6.07, 6.45) is 9.91. The molecular formula is C14H20N6. The first kappa shape index (κ1) is 12.1. The smallest absolute Gasteiger partial charge is 0.203 e. The van der Waals surface area contributed by atoms with Gasteiger partial charge < -0.3 is 4.90 Å². The van der Waals surface area contributed by atoms with Crippen LogP contribution in [0.15, 0.2) is 0 Å². The van der Waals surface area contributed by atoms with Crippen molar-refractivity contribution >= 4 is 11.5 Å². The first-order chi connectivity index (χ1) is 9.93. The number of hydrogen-bond acceptors (Lipinski definition) is 5. The Bertz CT molecular complexity index is 611. The minimum atomic E-state index is 0.860. The van der Waals surface area contributed by atoms with Gasteiger partial charge in [-0.1, -0.05) is 12.8 Å². The molecule has 4 rings (SSSR count). The maximum absolute atomic E-state index is 4.72. The Balaban J connectivity index is 1.84. The molecule has 0 N–H and O–H groups in total. The summed E-state index contributed by atoms with van der Waals surface area (Å²) in [5.41, 5.74) is 3.59. The van der Waals surface area contributed by atoms with Gasteiger partial charge in [-0.15, -0.1) is 14.8 Å². The maximum atomic E-state index is 4.72. The average Bonchev–Trinajstić information content (AvgIpc) is 2.80. The van der Waals surface area contributed by atoms with Crippen LogP contribution in [0.5, 0.6) is 0 Å². The van der Waals surface area contributed by atoms with E-state index in [-0.39, 0.29) is 0 Å². The Kier molecular flexibility index (Phi) is 3.01. The predicted octanol–water partition coefficient (Wildman–Crippen LogP) is 1.78. The normalized spacial score (nSPS) is 19.9. The van der Waals surface area contributed by atoms with Crippen LogP contribution < -0.4 is 4.90 Å². The summed E-state index contributed by atoms with van der Waals surface area (Å²) in [5.74, 6) is 1.14. The quantitative estimate of drug-likeness (QED) is 0.792. The number of fused-ring (bicyclic) bond motifs is 3. The zero-order valence-corrected chi connectivity index (χ0v) is 11.8. The number of tetrazole rings is 1. The molecule has 6 heteroatoms. The molecular weight excluding hydrogens is 252 g/mol. The van der Waals surface area contributed by atoms with Gasteiger partial charge >= 0.3 is 0 Å². The number of hydrogen-bond donors (Lipinski definition) is 0. The highest BCUT2D eigenvalue weighted by Crippen LogP contribution is 2.31. The van der Waals surface area contributed by atoms with E-state index < -0.39 is 0 Å². The molecule has 106 valence electrons. The van der Waals surface area contributed by atoms with Crippen molar-refractivity contribution < 1.29 is 0 Å². The van der Waals surface area contributed by atoms with Crippen LogP contribution >= 0.6 is 0 Å². The van der Waals surface area contributed by atoms with Crippen LogP contribution in [0, 0.1) is 0 Å². The lowest BCUT2D eigenvalue weighted by atomic mass is 9.92. The van der Waals surface area contributed by atoms with Crippen molar-refractivity contribution in [1.29, 1.82) is 0 Å². The average molecular weight is 272 g/mol. The molecule has 2 aliphatic rings. The second kappa shape index (κ2) is 5.00. The van der Waals surface area contributed by atoms with Gasteiger partial charge in [0, 0.05) is 24.2 Å². The maximum Gasteiger partial charge on any atom is 0.203 e. The fraction of sp³-hybridized carbons (Fsp3) is 0.714. The molecule has 2 aromatic rings. The second-order valence-electron chi connectivity index (χ2n) is 5.88.